The lowest BCUT2D eigenvalue weighted by molar-refractivity contribution is -0.364. The van der Waals surface area contributed by atoms with Crippen LogP contribution in [0.2, 0.25) is 0 Å². The Labute approximate surface area is 352 Å². The molecule has 19 nitrogen and oxygen atoms in total. The summed E-state index contributed by atoms with van der Waals surface area (Å²) in [7, 11) is 0. The van der Waals surface area contributed by atoms with Crippen molar-refractivity contribution in [1.82, 2.24) is 0 Å². The molecule has 3 saturated heterocycles. The average molecular weight is 869 g/mol. The van der Waals surface area contributed by atoms with E-state index in [1.165, 1.54) is 0 Å². The van der Waals surface area contributed by atoms with Crippen molar-refractivity contribution in [2.45, 2.75) is 216 Å². The van der Waals surface area contributed by atoms with Gasteiger partial charge in [0.1, 0.15) is 54.9 Å². The summed E-state index contributed by atoms with van der Waals surface area (Å²) >= 11 is 0. The summed E-state index contributed by atoms with van der Waals surface area (Å²) in [6.45, 7) is 5.28. The van der Waals surface area contributed by atoms with Gasteiger partial charge in [-0.25, -0.2) is 0 Å². The normalized spacial score (nSPS) is 35.1. The number of esters is 3. The molecule has 16 atom stereocenters. The highest BCUT2D eigenvalue weighted by atomic mass is 16.8. The van der Waals surface area contributed by atoms with Crippen molar-refractivity contribution in [3.05, 3.63) is 0 Å². The summed E-state index contributed by atoms with van der Waals surface area (Å²) in [6, 6.07) is 0. The van der Waals surface area contributed by atoms with Crippen LogP contribution < -0.4 is 0 Å². The maximum absolute atomic E-state index is 13.6. The number of unbranched alkanes of at least 4 members (excludes halogenated alkanes) is 10. The first-order valence-corrected chi connectivity index (χ1v) is 21.9. The van der Waals surface area contributed by atoms with Crippen molar-refractivity contribution in [2.75, 3.05) is 19.8 Å². The van der Waals surface area contributed by atoms with Crippen LogP contribution in [0.25, 0.3) is 0 Å². The first-order valence-electron chi connectivity index (χ1n) is 21.9. The average Bonchev–Trinajstić information content (AvgIpc) is 3.23. The molecule has 19 heteroatoms. The van der Waals surface area contributed by atoms with Crippen LogP contribution in [0.1, 0.15) is 124 Å². The van der Waals surface area contributed by atoms with Crippen molar-refractivity contribution in [2.24, 2.45) is 5.92 Å². The van der Waals surface area contributed by atoms with Gasteiger partial charge in [0.05, 0.1) is 25.7 Å². The number of hydrogen-bond acceptors (Lipinski definition) is 19. The van der Waals surface area contributed by atoms with Gasteiger partial charge in [-0.05, 0) is 19.3 Å². The second-order valence-corrected chi connectivity index (χ2v) is 16.1. The summed E-state index contributed by atoms with van der Waals surface area (Å²) < 4.78 is 46.8. The molecule has 3 rings (SSSR count). The molecule has 8 N–H and O–H groups in total. The lowest BCUT2D eigenvalue weighted by atomic mass is 9.95. The lowest BCUT2D eigenvalue weighted by Gasteiger charge is -2.48. The van der Waals surface area contributed by atoms with Gasteiger partial charge < -0.3 is 78.7 Å². The summed E-state index contributed by atoms with van der Waals surface area (Å²) in [6.07, 6.45) is -15.1. The molecule has 0 aromatic carbocycles. The molecule has 3 heterocycles. The largest absolute Gasteiger partial charge is 0.455 e. The molecule has 0 spiro atoms. The topological polar surface area (TPSA) is 287 Å². The van der Waals surface area contributed by atoms with Crippen LogP contribution in [0.3, 0.4) is 0 Å². The lowest BCUT2D eigenvalue weighted by Crippen LogP contribution is -2.66. The Hall–Kier alpha value is -2.11. The molecule has 0 amide bonds. The van der Waals surface area contributed by atoms with Crippen molar-refractivity contribution in [3.8, 4) is 0 Å². The smallest absolute Gasteiger partial charge is 0.309 e. The van der Waals surface area contributed by atoms with Gasteiger partial charge >= 0.3 is 17.9 Å². The Kier molecular flexibility index (Phi) is 23.6. The van der Waals surface area contributed by atoms with E-state index in [1.54, 1.807) is 13.8 Å². The summed E-state index contributed by atoms with van der Waals surface area (Å²) in [5.74, 6) is -2.95. The van der Waals surface area contributed by atoms with E-state index >= 15 is 0 Å². The summed E-state index contributed by atoms with van der Waals surface area (Å²) in [5, 5.41) is 83.5. The van der Waals surface area contributed by atoms with Crippen molar-refractivity contribution >= 4 is 17.9 Å². The second kappa shape index (κ2) is 27.2. The van der Waals surface area contributed by atoms with E-state index in [4.69, 9.17) is 37.9 Å². The first kappa shape index (κ1) is 52.2. The van der Waals surface area contributed by atoms with Gasteiger partial charge in [0.15, 0.2) is 37.2 Å². The Bertz CT molecular complexity index is 1240. The minimum atomic E-state index is -1.95. The molecular formula is C41H72O19. The number of aliphatic hydroxyl groups excluding tert-OH is 8. The van der Waals surface area contributed by atoms with Gasteiger partial charge in [0.2, 0.25) is 0 Å². The van der Waals surface area contributed by atoms with Gasteiger partial charge in [-0.3, -0.25) is 14.4 Å². The van der Waals surface area contributed by atoms with E-state index in [-0.39, 0.29) is 12.8 Å². The molecule has 0 bridgehead atoms. The SMILES string of the molecule is CCCCCCCCCC(=O)OC1C(COC2OC(CO)C(O)C(O)C2O)OC(OC2C(O)C(O)OC(CO)C2O)C(OC(=O)CCCCCCC)C1OC(=O)C(C)CC. The number of aliphatic hydroxyl groups is 8. The molecule has 0 aliphatic carbocycles. The standard InChI is InChI=1S/C41H72O19/c1-5-8-10-12-13-15-17-18-27(44)57-34-26(22-53-40-32(49)31(48)29(46)24(20-42)55-40)56-41(60-35-30(47)25(21-43)54-39(52)33(35)50)37(36(34)59-38(51)23(4)7-3)58-28(45)19-16-14-11-9-6-2/h23-26,29-37,39-43,46-50,52H,5-22H2,1-4H3. The van der Waals surface area contributed by atoms with Gasteiger partial charge in [0, 0.05) is 12.8 Å². The van der Waals surface area contributed by atoms with Crippen molar-refractivity contribution < 1.29 is 93.1 Å². The van der Waals surface area contributed by atoms with Gasteiger partial charge in [-0.15, -0.1) is 0 Å². The van der Waals surface area contributed by atoms with Crippen molar-refractivity contribution in [3.63, 3.8) is 0 Å². The third kappa shape index (κ3) is 15.3. The van der Waals surface area contributed by atoms with Crippen LogP contribution in [-0.2, 0) is 52.3 Å². The molecular weight excluding hydrogens is 796 g/mol. The third-order valence-electron chi connectivity index (χ3n) is 11.3. The van der Waals surface area contributed by atoms with Crippen LogP contribution in [0.15, 0.2) is 0 Å². The van der Waals surface area contributed by atoms with E-state index in [0.717, 1.165) is 57.8 Å². The van der Waals surface area contributed by atoms with Crippen LogP contribution >= 0.6 is 0 Å². The van der Waals surface area contributed by atoms with Crippen LogP contribution in [-0.4, -0.2) is 171 Å². The highest BCUT2D eigenvalue weighted by Gasteiger charge is 2.56. The fourth-order valence-electron chi connectivity index (χ4n) is 7.24. The van der Waals surface area contributed by atoms with Crippen molar-refractivity contribution in [1.29, 1.82) is 0 Å². The van der Waals surface area contributed by atoms with Gasteiger partial charge in [-0.1, -0.05) is 91.9 Å². The van der Waals surface area contributed by atoms with Crippen LogP contribution in [0.5, 0.6) is 0 Å². The molecule has 0 radical (unpaired) electrons. The Morgan fingerprint density at radius 1 is 0.533 bits per heavy atom. The number of carbonyl (C=O) groups is 3. The predicted molar refractivity (Wildman–Crippen MR) is 208 cm³/mol. The highest BCUT2D eigenvalue weighted by Crippen LogP contribution is 2.35. The molecule has 3 aliphatic rings. The Balaban J connectivity index is 2.05. The number of carbonyl (C=O) groups excluding carboxylic acids is 3. The van der Waals surface area contributed by atoms with E-state index < -0.39 is 136 Å². The summed E-state index contributed by atoms with van der Waals surface area (Å²) in [4.78, 5) is 40.7. The van der Waals surface area contributed by atoms with Gasteiger partial charge in [-0.2, -0.15) is 0 Å². The zero-order valence-electron chi connectivity index (χ0n) is 35.5. The Morgan fingerprint density at radius 2 is 1.05 bits per heavy atom. The van der Waals surface area contributed by atoms with E-state index in [1.807, 2.05) is 6.92 Å². The van der Waals surface area contributed by atoms with Crippen LogP contribution in [0, 0.1) is 5.92 Å². The Morgan fingerprint density at radius 3 is 1.60 bits per heavy atom. The molecule has 0 aromatic heterocycles. The minimum absolute atomic E-state index is 0.0420. The zero-order valence-corrected chi connectivity index (χ0v) is 35.5. The van der Waals surface area contributed by atoms with E-state index in [2.05, 4.69) is 6.92 Å². The second-order valence-electron chi connectivity index (χ2n) is 16.1. The minimum Gasteiger partial charge on any atom is -0.455 e. The maximum atomic E-state index is 13.6. The molecule has 3 fully saturated rings. The fourth-order valence-corrected chi connectivity index (χ4v) is 7.24. The number of hydrogen-bond donors (Lipinski definition) is 8. The van der Waals surface area contributed by atoms with Gasteiger partial charge in [0.25, 0.3) is 0 Å². The maximum Gasteiger partial charge on any atom is 0.309 e. The monoisotopic (exact) mass is 868 g/mol. The summed E-state index contributed by atoms with van der Waals surface area (Å²) in [5.41, 5.74) is 0. The quantitative estimate of drug-likeness (QED) is 0.0336. The zero-order chi connectivity index (χ0) is 44.4. The highest BCUT2D eigenvalue weighted by molar-refractivity contribution is 5.73. The fraction of sp³-hybridized carbons (Fsp3) is 0.927. The number of ether oxygens (including phenoxy) is 8. The first-order chi connectivity index (χ1) is 28.7. The molecule has 350 valence electrons. The molecule has 0 aromatic rings. The van der Waals surface area contributed by atoms with Crippen LogP contribution in [0.4, 0.5) is 0 Å². The van der Waals surface area contributed by atoms with E-state index in [0.29, 0.717) is 25.7 Å². The molecule has 0 saturated carbocycles. The number of rotatable bonds is 26. The molecule has 3 aliphatic heterocycles. The van der Waals surface area contributed by atoms with E-state index in [9.17, 15) is 55.2 Å². The third-order valence-corrected chi connectivity index (χ3v) is 11.3. The molecule has 16 unspecified atom stereocenters. The molecule has 60 heavy (non-hydrogen) atoms. The predicted octanol–water partition coefficient (Wildman–Crippen LogP) is 0.627.